The number of nitrogens with one attached hydrogen (secondary N) is 2. The molecule has 1 aromatic rings. The van der Waals surface area contributed by atoms with Crippen molar-refractivity contribution in [3.05, 3.63) is 24.3 Å². The van der Waals surface area contributed by atoms with Crippen molar-refractivity contribution in [2.45, 2.75) is 19.4 Å². The van der Waals surface area contributed by atoms with Crippen molar-refractivity contribution < 1.29 is 4.74 Å². The first-order chi connectivity index (χ1) is 7.87. The van der Waals surface area contributed by atoms with Gasteiger partial charge in [0.15, 0.2) is 0 Å². The summed E-state index contributed by atoms with van der Waals surface area (Å²) in [5.41, 5.74) is -0.231. The van der Waals surface area contributed by atoms with E-state index in [1.54, 1.807) is 7.11 Å². The van der Waals surface area contributed by atoms with Gasteiger partial charge in [-0.15, -0.1) is 0 Å². The maximum absolute atomic E-state index is 5.70. The molecule has 6 heteroatoms. The summed E-state index contributed by atoms with van der Waals surface area (Å²) < 4.78 is 5.14. The Bertz CT molecular complexity index is 499. The van der Waals surface area contributed by atoms with E-state index in [-0.39, 0.29) is 5.54 Å². The smallest absolute Gasteiger partial charge is 0.126 e. The normalized spacial score (nSPS) is 26.6. The standard InChI is InChI=1S/C11H15N2OPS2/c1-11(2)10(16)12-15(17,13-11)9-6-4-8(14-3)5-7-9/h4-7H,1-3H3,(H2,12,13,16,17). The molecule has 1 fully saturated rings. The van der Waals surface area contributed by atoms with Crippen molar-refractivity contribution in [3.63, 3.8) is 0 Å². The zero-order valence-electron chi connectivity index (χ0n) is 9.98. The van der Waals surface area contributed by atoms with Crippen LogP contribution in [0.1, 0.15) is 13.8 Å². The van der Waals surface area contributed by atoms with Gasteiger partial charge in [0.1, 0.15) is 17.1 Å². The van der Waals surface area contributed by atoms with E-state index >= 15 is 0 Å². The molecular formula is C11H15N2OPS2. The van der Waals surface area contributed by atoms with Gasteiger partial charge in [0.05, 0.1) is 12.6 Å². The highest BCUT2D eigenvalue weighted by molar-refractivity contribution is 8.17. The van der Waals surface area contributed by atoms with Crippen molar-refractivity contribution in [1.29, 1.82) is 0 Å². The fourth-order valence-corrected chi connectivity index (χ4v) is 6.06. The van der Waals surface area contributed by atoms with Crippen molar-refractivity contribution in [1.82, 2.24) is 10.2 Å². The Kier molecular flexibility index (Phi) is 3.29. The van der Waals surface area contributed by atoms with Crippen molar-refractivity contribution >= 4 is 40.7 Å². The van der Waals surface area contributed by atoms with Crippen molar-refractivity contribution in [2.75, 3.05) is 7.11 Å². The first kappa shape index (κ1) is 13.0. The second-order valence-electron chi connectivity index (χ2n) is 4.49. The summed E-state index contributed by atoms with van der Waals surface area (Å²) in [4.78, 5) is 0.789. The van der Waals surface area contributed by atoms with Crippen LogP contribution in [-0.2, 0) is 11.8 Å². The number of hydrogen-bond acceptors (Lipinski definition) is 3. The van der Waals surface area contributed by atoms with E-state index in [1.807, 2.05) is 38.1 Å². The number of hydrogen-bond donors (Lipinski definition) is 2. The van der Waals surface area contributed by atoms with Crippen LogP contribution in [0.4, 0.5) is 0 Å². The SMILES string of the molecule is COc1ccc(P2(=S)NC(=S)C(C)(C)N2)cc1. The molecule has 1 saturated heterocycles. The number of methoxy groups -OCH3 is 1. The molecule has 1 aromatic carbocycles. The molecule has 3 nitrogen and oxygen atoms in total. The molecule has 1 heterocycles. The summed E-state index contributed by atoms with van der Waals surface area (Å²) >= 11 is 11.0. The van der Waals surface area contributed by atoms with Crippen LogP contribution < -0.4 is 20.2 Å². The van der Waals surface area contributed by atoms with Crippen LogP contribution in [0.5, 0.6) is 5.75 Å². The molecule has 0 amide bonds. The average Bonchev–Trinajstić information content (AvgIpc) is 2.49. The van der Waals surface area contributed by atoms with Gasteiger partial charge in [-0.25, -0.2) is 0 Å². The van der Waals surface area contributed by atoms with E-state index < -0.39 is 6.34 Å². The van der Waals surface area contributed by atoms with Crippen LogP contribution in [0.2, 0.25) is 0 Å². The summed E-state index contributed by atoms with van der Waals surface area (Å²) in [6.45, 7) is 4.08. The number of thiocarbonyl (C=S) groups is 1. The topological polar surface area (TPSA) is 33.3 Å². The monoisotopic (exact) mass is 286 g/mol. The van der Waals surface area contributed by atoms with Gasteiger partial charge in [0, 0.05) is 5.30 Å². The van der Waals surface area contributed by atoms with E-state index in [1.165, 1.54) is 0 Å². The van der Waals surface area contributed by atoms with Gasteiger partial charge in [0.2, 0.25) is 0 Å². The first-order valence-corrected chi connectivity index (χ1v) is 8.45. The minimum absolute atomic E-state index is 0.231. The van der Waals surface area contributed by atoms with Crippen molar-refractivity contribution in [2.24, 2.45) is 0 Å². The number of rotatable bonds is 2. The van der Waals surface area contributed by atoms with E-state index in [0.717, 1.165) is 16.0 Å². The van der Waals surface area contributed by atoms with Gasteiger partial charge in [-0.3, -0.25) is 5.09 Å². The van der Waals surface area contributed by atoms with E-state index in [0.29, 0.717) is 0 Å². The van der Waals surface area contributed by atoms with Gasteiger partial charge >= 0.3 is 0 Å². The molecule has 92 valence electrons. The van der Waals surface area contributed by atoms with E-state index in [9.17, 15) is 0 Å². The Hall–Kier alpha value is -0.480. The third-order valence-corrected chi connectivity index (χ3v) is 7.08. The summed E-state index contributed by atoms with van der Waals surface area (Å²) in [5, 5.41) is 7.79. The fraction of sp³-hybridized carbons (Fsp3) is 0.364. The minimum atomic E-state index is -1.99. The lowest BCUT2D eigenvalue weighted by molar-refractivity contribution is 0.415. The van der Waals surface area contributed by atoms with Crippen LogP contribution in [0.25, 0.3) is 0 Å². The highest BCUT2D eigenvalue weighted by atomic mass is 32.4. The second-order valence-corrected chi connectivity index (χ2v) is 8.72. The summed E-state index contributed by atoms with van der Waals surface area (Å²) in [6, 6.07) is 7.81. The zero-order chi connectivity index (χ0) is 12.7. The summed E-state index contributed by atoms with van der Waals surface area (Å²) in [7, 11) is 1.65. The summed E-state index contributed by atoms with van der Waals surface area (Å²) in [5.74, 6) is 0.830. The predicted molar refractivity (Wildman–Crippen MR) is 79.9 cm³/mol. The van der Waals surface area contributed by atoms with Gasteiger partial charge in [-0.2, -0.15) is 0 Å². The largest absolute Gasteiger partial charge is 0.497 e. The molecule has 1 atom stereocenters. The molecule has 0 aliphatic carbocycles. The first-order valence-electron chi connectivity index (χ1n) is 5.24. The average molecular weight is 286 g/mol. The van der Waals surface area contributed by atoms with E-state index in [2.05, 4.69) is 10.2 Å². The lowest BCUT2D eigenvalue weighted by Crippen LogP contribution is -2.38. The molecule has 0 radical (unpaired) electrons. The number of benzene rings is 1. The molecule has 0 saturated carbocycles. The Morgan fingerprint density at radius 3 is 2.24 bits per heavy atom. The van der Waals surface area contributed by atoms with Gasteiger partial charge in [-0.1, -0.05) is 24.0 Å². The molecule has 0 bridgehead atoms. The highest BCUT2D eigenvalue weighted by Crippen LogP contribution is 2.44. The molecule has 17 heavy (non-hydrogen) atoms. The van der Waals surface area contributed by atoms with Crippen LogP contribution in [0.15, 0.2) is 24.3 Å². The lowest BCUT2D eigenvalue weighted by Gasteiger charge is -2.20. The molecule has 2 rings (SSSR count). The fourth-order valence-electron chi connectivity index (χ4n) is 1.68. The molecule has 1 aliphatic rings. The third kappa shape index (κ3) is 2.38. The Labute approximate surface area is 112 Å². The molecular weight excluding hydrogens is 271 g/mol. The quantitative estimate of drug-likeness (QED) is 0.641. The molecule has 1 aliphatic heterocycles. The Balaban J connectivity index is 2.34. The minimum Gasteiger partial charge on any atom is -0.497 e. The van der Waals surface area contributed by atoms with Crippen LogP contribution in [0, 0.1) is 0 Å². The van der Waals surface area contributed by atoms with Crippen LogP contribution >= 0.6 is 18.6 Å². The third-order valence-electron chi connectivity index (χ3n) is 2.70. The van der Waals surface area contributed by atoms with Gasteiger partial charge in [0.25, 0.3) is 0 Å². The predicted octanol–water partition coefficient (Wildman–Crippen LogP) is 1.93. The van der Waals surface area contributed by atoms with Crippen LogP contribution in [0.3, 0.4) is 0 Å². The van der Waals surface area contributed by atoms with Crippen LogP contribution in [-0.4, -0.2) is 17.6 Å². The summed E-state index contributed by atoms with van der Waals surface area (Å²) in [6.07, 6.45) is -1.99. The van der Waals surface area contributed by atoms with Crippen molar-refractivity contribution in [3.8, 4) is 5.75 Å². The molecule has 0 aromatic heterocycles. The Morgan fingerprint density at radius 2 is 1.82 bits per heavy atom. The zero-order valence-corrected chi connectivity index (χ0v) is 12.5. The maximum atomic E-state index is 5.70. The van der Waals surface area contributed by atoms with E-state index in [4.69, 9.17) is 28.8 Å². The second kappa shape index (κ2) is 4.32. The molecule has 2 N–H and O–H groups in total. The Morgan fingerprint density at radius 1 is 1.24 bits per heavy atom. The van der Waals surface area contributed by atoms with Gasteiger partial charge in [-0.05, 0) is 38.1 Å². The molecule has 1 unspecified atom stereocenters. The van der Waals surface area contributed by atoms with Gasteiger partial charge < -0.3 is 9.82 Å². The number of ether oxygens (including phenoxy) is 1. The highest BCUT2D eigenvalue weighted by Gasteiger charge is 2.40. The lowest BCUT2D eigenvalue weighted by atomic mass is 10.1. The maximum Gasteiger partial charge on any atom is 0.126 e. The molecule has 0 spiro atoms.